The second-order valence-electron chi connectivity index (χ2n) is 10.8. The van der Waals surface area contributed by atoms with Crippen molar-refractivity contribution in [1.82, 2.24) is 20.4 Å². The quantitative estimate of drug-likeness (QED) is 0.493. The lowest BCUT2D eigenvalue weighted by molar-refractivity contribution is -0.121. The number of hydrogen-bond donors (Lipinski definition) is 2. The van der Waals surface area contributed by atoms with Gasteiger partial charge in [0.15, 0.2) is 5.96 Å². The van der Waals surface area contributed by atoms with Crippen molar-refractivity contribution >= 4 is 18.0 Å². The molecule has 1 saturated heterocycles. The van der Waals surface area contributed by atoms with E-state index in [0.717, 1.165) is 45.0 Å². The maximum Gasteiger partial charge on any atom is 0.410 e. The summed E-state index contributed by atoms with van der Waals surface area (Å²) >= 11 is 0. The summed E-state index contributed by atoms with van der Waals surface area (Å²) in [5.74, 6) is 1.29. The number of aliphatic imine (C=N–C) groups is 1. The Hall–Kier alpha value is -1.99. The fourth-order valence-corrected chi connectivity index (χ4v) is 3.69. The van der Waals surface area contributed by atoms with Crippen LogP contribution in [-0.2, 0) is 9.53 Å². The Morgan fingerprint density at radius 1 is 1.06 bits per heavy atom. The molecule has 0 aromatic carbocycles. The molecule has 1 aliphatic heterocycles. The van der Waals surface area contributed by atoms with Crippen LogP contribution in [0.5, 0.6) is 0 Å². The fourth-order valence-electron chi connectivity index (χ4n) is 3.69. The first-order chi connectivity index (χ1) is 14.4. The van der Waals surface area contributed by atoms with E-state index in [1.165, 1.54) is 12.8 Å². The zero-order valence-corrected chi connectivity index (χ0v) is 20.6. The van der Waals surface area contributed by atoms with Crippen LogP contribution >= 0.6 is 0 Å². The molecule has 0 bridgehead atoms. The molecule has 0 aromatic heterocycles. The molecule has 8 nitrogen and oxygen atoms in total. The van der Waals surface area contributed by atoms with Gasteiger partial charge >= 0.3 is 6.09 Å². The highest BCUT2D eigenvalue weighted by atomic mass is 16.6. The molecule has 0 unspecified atom stereocenters. The van der Waals surface area contributed by atoms with E-state index in [-0.39, 0.29) is 30.1 Å². The van der Waals surface area contributed by atoms with Gasteiger partial charge in [-0.2, -0.15) is 0 Å². The maximum atomic E-state index is 12.8. The molecule has 31 heavy (non-hydrogen) atoms. The van der Waals surface area contributed by atoms with Crippen LogP contribution in [0, 0.1) is 5.92 Å². The molecule has 2 aliphatic rings. The minimum Gasteiger partial charge on any atom is -0.444 e. The molecule has 2 amide bonds. The SMILES string of the molecule is CCNC(=NCC(=O)NC(C)(C)C)N1CCC(N(CC2CC2)C(=O)OC(C)(C)C)CC1. The van der Waals surface area contributed by atoms with E-state index in [0.29, 0.717) is 5.92 Å². The molecular weight excluding hydrogens is 394 g/mol. The van der Waals surface area contributed by atoms with Crippen molar-refractivity contribution in [2.24, 2.45) is 10.9 Å². The van der Waals surface area contributed by atoms with Crippen molar-refractivity contribution in [2.45, 2.75) is 91.3 Å². The second-order valence-corrected chi connectivity index (χ2v) is 10.8. The summed E-state index contributed by atoms with van der Waals surface area (Å²) in [6.45, 7) is 16.9. The number of nitrogens with one attached hydrogen (secondary N) is 2. The van der Waals surface area contributed by atoms with Gasteiger partial charge in [-0.25, -0.2) is 9.79 Å². The molecule has 2 N–H and O–H groups in total. The largest absolute Gasteiger partial charge is 0.444 e. The lowest BCUT2D eigenvalue weighted by Crippen LogP contribution is -2.53. The van der Waals surface area contributed by atoms with Crippen molar-refractivity contribution < 1.29 is 14.3 Å². The van der Waals surface area contributed by atoms with E-state index in [2.05, 4.69) is 20.5 Å². The van der Waals surface area contributed by atoms with Crippen molar-refractivity contribution in [3.05, 3.63) is 0 Å². The summed E-state index contributed by atoms with van der Waals surface area (Å²) in [5.41, 5.74) is -0.756. The van der Waals surface area contributed by atoms with E-state index in [1.54, 1.807) is 0 Å². The third-order valence-corrected chi connectivity index (χ3v) is 5.21. The Kier molecular flexibility index (Phi) is 8.60. The number of carbonyl (C=O) groups excluding carboxylic acids is 2. The molecule has 0 atom stereocenters. The molecule has 178 valence electrons. The summed E-state index contributed by atoms with van der Waals surface area (Å²) < 4.78 is 5.69. The van der Waals surface area contributed by atoms with Crippen LogP contribution in [0.25, 0.3) is 0 Å². The highest BCUT2D eigenvalue weighted by Crippen LogP contribution is 2.32. The topological polar surface area (TPSA) is 86.3 Å². The molecular formula is C23H43N5O3. The molecule has 1 aliphatic carbocycles. The Balaban J connectivity index is 1.97. The smallest absolute Gasteiger partial charge is 0.410 e. The first kappa shape index (κ1) is 25.3. The molecule has 2 rings (SSSR count). The van der Waals surface area contributed by atoms with Gasteiger partial charge in [0.2, 0.25) is 5.91 Å². The summed E-state index contributed by atoms with van der Waals surface area (Å²) in [4.78, 5) is 33.7. The van der Waals surface area contributed by atoms with Crippen LogP contribution in [0.4, 0.5) is 4.79 Å². The van der Waals surface area contributed by atoms with Crippen LogP contribution in [0.1, 0.15) is 74.1 Å². The predicted molar refractivity (Wildman–Crippen MR) is 124 cm³/mol. The third-order valence-electron chi connectivity index (χ3n) is 5.21. The minimum atomic E-state index is -0.488. The highest BCUT2D eigenvalue weighted by Gasteiger charge is 2.35. The van der Waals surface area contributed by atoms with Gasteiger partial charge in [-0.05, 0) is 80.1 Å². The molecule has 8 heteroatoms. The van der Waals surface area contributed by atoms with Crippen LogP contribution in [0.2, 0.25) is 0 Å². The number of hydrogen-bond acceptors (Lipinski definition) is 4. The molecule has 1 heterocycles. The number of carbonyl (C=O) groups is 2. The molecule has 0 radical (unpaired) electrons. The average Bonchev–Trinajstić information content (AvgIpc) is 3.45. The third kappa shape index (κ3) is 9.35. The van der Waals surface area contributed by atoms with E-state index < -0.39 is 5.60 Å². The van der Waals surface area contributed by atoms with Crippen LogP contribution in [0.15, 0.2) is 4.99 Å². The molecule has 1 saturated carbocycles. The van der Waals surface area contributed by atoms with Crippen LogP contribution < -0.4 is 10.6 Å². The Morgan fingerprint density at radius 3 is 2.16 bits per heavy atom. The first-order valence-electron chi connectivity index (χ1n) is 11.7. The van der Waals surface area contributed by atoms with Crippen LogP contribution in [0.3, 0.4) is 0 Å². The summed E-state index contributed by atoms with van der Waals surface area (Å²) in [5, 5.41) is 6.25. The number of piperidine rings is 1. The lowest BCUT2D eigenvalue weighted by Gasteiger charge is -2.40. The van der Waals surface area contributed by atoms with E-state index in [9.17, 15) is 9.59 Å². The molecule has 0 aromatic rings. The number of amides is 2. The van der Waals surface area contributed by atoms with Crippen molar-refractivity contribution in [2.75, 3.05) is 32.7 Å². The van der Waals surface area contributed by atoms with Gasteiger partial charge in [0, 0.05) is 37.8 Å². The Morgan fingerprint density at radius 2 is 1.68 bits per heavy atom. The van der Waals surface area contributed by atoms with Crippen LogP contribution in [-0.4, -0.2) is 77.7 Å². The Bertz CT molecular complexity index is 639. The van der Waals surface area contributed by atoms with Gasteiger partial charge in [-0.3, -0.25) is 4.79 Å². The zero-order valence-electron chi connectivity index (χ0n) is 20.6. The predicted octanol–water partition coefficient (Wildman–Crippen LogP) is 2.98. The van der Waals surface area contributed by atoms with Gasteiger partial charge < -0.3 is 25.2 Å². The van der Waals surface area contributed by atoms with Gasteiger partial charge in [0.25, 0.3) is 0 Å². The fraction of sp³-hybridized carbons (Fsp3) is 0.870. The normalized spacial score (nSPS) is 18.5. The number of guanidine groups is 1. The van der Waals surface area contributed by atoms with E-state index >= 15 is 0 Å². The summed E-state index contributed by atoms with van der Waals surface area (Å²) in [6, 6.07) is 0.179. The standard InChI is InChI=1S/C23H43N5O3/c1-8-24-20(25-15-19(29)26-22(2,3)4)27-13-11-18(12-14-27)28(16-17-9-10-17)21(30)31-23(5,6)7/h17-18H,8-16H2,1-7H3,(H,24,25)(H,26,29). The van der Waals surface area contributed by atoms with Gasteiger partial charge in [0.1, 0.15) is 12.1 Å². The first-order valence-corrected chi connectivity index (χ1v) is 11.7. The van der Waals surface area contributed by atoms with Gasteiger partial charge in [0.05, 0.1) is 0 Å². The number of ether oxygens (including phenoxy) is 1. The number of rotatable bonds is 6. The lowest BCUT2D eigenvalue weighted by atomic mass is 10.0. The summed E-state index contributed by atoms with van der Waals surface area (Å²) in [7, 11) is 0. The maximum absolute atomic E-state index is 12.8. The van der Waals surface area contributed by atoms with Crippen molar-refractivity contribution in [3.8, 4) is 0 Å². The van der Waals surface area contributed by atoms with Gasteiger partial charge in [-0.1, -0.05) is 0 Å². The van der Waals surface area contributed by atoms with E-state index in [4.69, 9.17) is 4.74 Å². The monoisotopic (exact) mass is 437 g/mol. The Labute approximate surface area is 188 Å². The number of nitrogens with zero attached hydrogens (tertiary/aromatic N) is 3. The van der Waals surface area contributed by atoms with Crippen molar-refractivity contribution in [1.29, 1.82) is 0 Å². The van der Waals surface area contributed by atoms with E-state index in [1.807, 2.05) is 53.4 Å². The minimum absolute atomic E-state index is 0.0849. The highest BCUT2D eigenvalue weighted by molar-refractivity contribution is 5.85. The molecule has 2 fully saturated rings. The second kappa shape index (κ2) is 10.6. The van der Waals surface area contributed by atoms with Gasteiger partial charge in [-0.15, -0.1) is 0 Å². The number of likely N-dealkylation sites (tertiary alicyclic amines) is 1. The molecule has 0 spiro atoms. The zero-order chi connectivity index (χ0) is 23.2. The average molecular weight is 438 g/mol. The van der Waals surface area contributed by atoms with Crippen molar-refractivity contribution in [3.63, 3.8) is 0 Å². The summed E-state index contributed by atoms with van der Waals surface area (Å²) in [6.07, 6.45) is 3.94.